The normalized spacial score (nSPS) is 11.2. The summed E-state index contributed by atoms with van der Waals surface area (Å²) >= 11 is 1.66. The number of nitrogens with one attached hydrogen (secondary N) is 3. The number of benzene rings is 1. The van der Waals surface area contributed by atoms with Gasteiger partial charge in [0.2, 0.25) is 0 Å². The van der Waals surface area contributed by atoms with Gasteiger partial charge in [-0.3, -0.25) is 4.40 Å². The van der Waals surface area contributed by atoms with Gasteiger partial charge >= 0.3 is 6.03 Å². The van der Waals surface area contributed by atoms with Crippen molar-refractivity contribution in [1.82, 2.24) is 35.2 Å². The minimum Gasteiger partial charge on any atom is -0.348 e. The molecule has 2 amide bonds. The highest BCUT2D eigenvalue weighted by Crippen LogP contribution is 2.31. The number of H-pyrrole nitrogens is 1. The molecule has 3 N–H and O–H groups in total. The minimum atomic E-state index is -0.188. The molecule has 4 rings (SSSR count). The number of pyridine rings is 1. The largest absolute Gasteiger partial charge is 0.348 e. The maximum absolute atomic E-state index is 12.2. The summed E-state index contributed by atoms with van der Waals surface area (Å²) in [5, 5.41) is 14.3. The summed E-state index contributed by atoms with van der Waals surface area (Å²) in [4.78, 5) is 21.3. The number of carbonyl (C=O) groups is 1. The Balaban J connectivity index is 1.38. The number of fused-ring (bicyclic) bond motifs is 1. The smallest absolute Gasteiger partial charge is 0.315 e. The van der Waals surface area contributed by atoms with Crippen LogP contribution in [-0.4, -0.2) is 37.1 Å². The predicted molar refractivity (Wildman–Crippen MR) is 120 cm³/mol. The van der Waals surface area contributed by atoms with Crippen LogP contribution < -0.4 is 10.6 Å². The molecular weight excluding hydrogens is 410 g/mol. The van der Waals surface area contributed by atoms with Gasteiger partial charge in [-0.1, -0.05) is 43.8 Å². The van der Waals surface area contributed by atoms with Crippen LogP contribution in [0.4, 0.5) is 4.79 Å². The Bertz CT molecular complexity index is 1150. The van der Waals surface area contributed by atoms with E-state index in [0.717, 1.165) is 32.5 Å². The third kappa shape index (κ3) is 5.24. The molecule has 3 heterocycles. The SMILES string of the molecule is CC(C)c1nnc2ccc(Sc3ccccc3CNC(=O)NCCc3cnc[nH]3)cn12. The van der Waals surface area contributed by atoms with E-state index in [9.17, 15) is 4.79 Å². The van der Waals surface area contributed by atoms with E-state index >= 15 is 0 Å². The summed E-state index contributed by atoms with van der Waals surface area (Å²) in [6.07, 6.45) is 6.18. The number of amides is 2. The number of hydrogen-bond acceptors (Lipinski definition) is 5. The lowest BCUT2D eigenvalue weighted by atomic mass is 10.2. The van der Waals surface area contributed by atoms with Crippen LogP contribution >= 0.6 is 11.8 Å². The second kappa shape index (κ2) is 9.65. The van der Waals surface area contributed by atoms with Crippen LogP contribution in [0.25, 0.3) is 5.65 Å². The summed E-state index contributed by atoms with van der Waals surface area (Å²) in [7, 11) is 0. The average Bonchev–Trinajstić information content (AvgIpc) is 3.43. The molecule has 0 radical (unpaired) electrons. The molecule has 8 nitrogen and oxygen atoms in total. The van der Waals surface area contributed by atoms with Gasteiger partial charge in [0.15, 0.2) is 5.65 Å². The predicted octanol–water partition coefficient (Wildman–Crippen LogP) is 3.77. The van der Waals surface area contributed by atoms with Crippen molar-refractivity contribution in [1.29, 1.82) is 0 Å². The van der Waals surface area contributed by atoms with E-state index in [1.54, 1.807) is 24.3 Å². The molecule has 0 bridgehead atoms. The fourth-order valence-electron chi connectivity index (χ4n) is 3.19. The van der Waals surface area contributed by atoms with Crippen molar-refractivity contribution in [2.75, 3.05) is 6.54 Å². The van der Waals surface area contributed by atoms with E-state index in [4.69, 9.17) is 0 Å². The first kappa shape index (κ1) is 20.9. The maximum atomic E-state index is 12.2. The van der Waals surface area contributed by atoms with Crippen LogP contribution in [0.15, 0.2) is 64.9 Å². The van der Waals surface area contributed by atoms with Crippen LogP contribution in [0.2, 0.25) is 0 Å². The van der Waals surface area contributed by atoms with E-state index in [1.807, 2.05) is 34.7 Å². The summed E-state index contributed by atoms with van der Waals surface area (Å²) in [6.45, 7) is 5.21. The quantitative estimate of drug-likeness (QED) is 0.391. The maximum Gasteiger partial charge on any atom is 0.315 e. The number of aromatic amines is 1. The van der Waals surface area contributed by atoms with Crippen molar-refractivity contribution in [3.05, 3.63) is 72.2 Å². The number of carbonyl (C=O) groups excluding carboxylic acids is 1. The molecule has 160 valence electrons. The summed E-state index contributed by atoms with van der Waals surface area (Å²) in [5.41, 5.74) is 2.90. The van der Waals surface area contributed by atoms with Crippen molar-refractivity contribution in [2.24, 2.45) is 0 Å². The lowest BCUT2D eigenvalue weighted by Gasteiger charge is -2.12. The Kier molecular flexibility index (Phi) is 6.51. The Morgan fingerprint density at radius 3 is 2.84 bits per heavy atom. The highest BCUT2D eigenvalue weighted by atomic mass is 32.2. The van der Waals surface area contributed by atoms with Crippen LogP contribution in [0.5, 0.6) is 0 Å². The number of imidazole rings is 1. The first-order valence-electron chi connectivity index (χ1n) is 10.2. The molecule has 0 aliphatic carbocycles. The molecule has 0 saturated carbocycles. The Hall–Kier alpha value is -3.33. The highest BCUT2D eigenvalue weighted by Gasteiger charge is 2.11. The van der Waals surface area contributed by atoms with Gasteiger partial charge in [0.1, 0.15) is 5.82 Å². The van der Waals surface area contributed by atoms with Gasteiger partial charge in [-0.05, 0) is 23.8 Å². The zero-order valence-corrected chi connectivity index (χ0v) is 18.3. The Morgan fingerprint density at radius 2 is 2.03 bits per heavy atom. The Labute approximate surface area is 184 Å². The van der Waals surface area contributed by atoms with E-state index in [-0.39, 0.29) is 6.03 Å². The van der Waals surface area contributed by atoms with Gasteiger partial charge in [-0.25, -0.2) is 9.78 Å². The van der Waals surface area contributed by atoms with Gasteiger partial charge in [0.25, 0.3) is 0 Å². The lowest BCUT2D eigenvalue weighted by molar-refractivity contribution is 0.240. The molecule has 1 aromatic carbocycles. The van der Waals surface area contributed by atoms with E-state index in [2.05, 4.69) is 56.9 Å². The van der Waals surface area contributed by atoms with Crippen molar-refractivity contribution < 1.29 is 4.79 Å². The zero-order valence-electron chi connectivity index (χ0n) is 17.5. The molecule has 4 aromatic rings. The molecule has 3 aromatic heterocycles. The highest BCUT2D eigenvalue weighted by molar-refractivity contribution is 7.99. The van der Waals surface area contributed by atoms with Crippen molar-refractivity contribution in [3.8, 4) is 0 Å². The summed E-state index contributed by atoms with van der Waals surface area (Å²) < 4.78 is 2.04. The fraction of sp³-hybridized carbons (Fsp3) is 0.273. The zero-order chi connectivity index (χ0) is 21.6. The molecule has 0 saturated heterocycles. The van der Waals surface area contributed by atoms with Crippen LogP contribution in [0, 0.1) is 0 Å². The van der Waals surface area contributed by atoms with Gasteiger partial charge in [-0.15, -0.1) is 10.2 Å². The van der Waals surface area contributed by atoms with Crippen molar-refractivity contribution in [2.45, 2.75) is 42.5 Å². The van der Waals surface area contributed by atoms with Crippen molar-refractivity contribution >= 4 is 23.4 Å². The van der Waals surface area contributed by atoms with E-state index in [0.29, 0.717) is 25.4 Å². The molecule has 9 heteroatoms. The third-order valence-corrected chi connectivity index (χ3v) is 5.89. The lowest BCUT2D eigenvalue weighted by Crippen LogP contribution is -2.36. The first-order valence-corrected chi connectivity index (χ1v) is 11.0. The summed E-state index contributed by atoms with van der Waals surface area (Å²) in [5.74, 6) is 1.23. The summed E-state index contributed by atoms with van der Waals surface area (Å²) in [6, 6.07) is 11.9. The van der Waals surface area contributed by atoms with E-state index in [1.165, 1.54) is 0 Å². The average molecular weight is 436 g/mol. The fourth-order valence-corrected chi connectivity index (χ4v) is 4.16. The third-order valence-electron chi connectivity index (χ3n) is 4.79. The van der Waals surface area contributed by atoms with Gasteiger partial charge in [0.05, 0.1) is 6.33 Å². The van der Waals surface area contributed by atoms with Crippen LogP contribution in [0.3, 0.4) is 0 Å². The minimum absolute atomic E-state index is 0.188. The molecule has 0 fully saturated rings. The second-order valence-electron chi connectivity index (χ2n) is 7.45. The first-order chi connectivity index (χ1) is 15.1. The number of hydrogen-bond donors (Lipinski definition) is 3. The molecule has 0 unspecified atom stereocenters. The standard InChI is InChI=1S/C22H25N7OS/c1-15(2)21-28-27-20-8-7-18(13-29(20)21)31-19-6-4-3-5-16(19)11-25-22(30)24-10-9-17-12-23-14-26-17/h3-8,12-15H,9-11H2,1-2H3,(H,23,26)(H2,24,25,30). The van der Waals surface area contributed by atoms with Crippen LogP contribution in [0.1, 0.15) is 36.8 Å². The van der Waals surface area contributed by atoms with Crippen molar-refractivity contribution in [3.63, 3.8) is 0 Å². The topological polar surface area (TPSA) is 100 Å². The number of nitrogens with zero attached hydrogens (tertiary/aromatic N) is 4. The number of urea groups is 1. The van der Waals surface area contributed by atoms with E-state index < -0.39 is 0 Å². The monoisotopic (exact) mass is 435 g/mol. The Morgan fingerprint density at radius 1 is 1.16 bits per heavy atom. The molecule has 31 heavy (non-hydrogen) atoms. The molecule has 0 atom stereocenters. The van der Waals surface area contributed by atoms with Gasteiger partial charge in [0, 0.05) is 53.3 Å². The van der Waals surface area contributed by atoms with Gasteiger partial charge in [-0.2, -0.15) is 0 Å². The molecular formula is C22H25N7OS. The molecule has 0 aliphatic rings. The van der Waals surface area contributed by atoms with Gasteiger partial charge < -0.3 is 15.6 Å². The number of rotatable bonds is 8. The van der Waals surface area contributed by atoms with Crippen LogP contribution in [-0.2, 0) is 13.0 Å². The molecule has 0 spiro atoms. The number of aromatic nitrogens is 5. The molecule has 0 aliphatic heterocycles. The second-order valence-corrected chi connectivity index (χ2v) is 8.57.